The molecular weight excluding hydrogens is 154 g/mol. The van der Waals surface area contributed by atoms with Crippen molar-refractivity contribution in [2.45, 2.75) is 26.7 Å². The first-order chi connectivity index (χ1) is 5.33. The van der Waals surface area contributed by atoms with Crippen molar-refractivity contribution in [1.82, 2.24) is 4.98 Å². The van der Waals surface area contributed by atoms with E-state index in [1.165, 1.54) is 9.88 Å². The first-order valence-corrected chi connectivity index (χ1v) is 4.67. The van der Waals surface area contributed by atoms with Crippen molar-refractivity contribution in [2.75, 3.05) is 0 Å². The first kappa shape index (κ1) is 8.47. The fourth-order valence-electron chi connectivity index (χ4n) is 0.913. The van der Waals surface area contributed by atoms with E-state index >= 15 is 0 Å². The quantitative estimate of drug-likeness (QED) is 0.631. The Bertz CT molecular complexity index is 237. The zero-order valence-electron chi connectivity index (χ0n) is 7.00. The summed E-state index contributed by atoms with van der Waals surface area (Å²) in [5.74, 6) is 0. The molecule has 60 valence electrons. The number of allylic oxidation sites excluding steroid dienone is 2. The van der Waals surface area contributed by atoms with Gasteiger partial charge in [-0.2, -0.15) is 0 Å². The third-order valence-electron chi connectivity index (χ3n) is 1.46. The van der Waals surface area contributed by atoms with Crippen molar-refractivity contribution >= 4 is 11.3 Å². The zero-order valence-corrected chi connectivity index (χ0v) is 7.82. The van der Waals surface area contributed by atoms with Crippen molar-refractivity contribution < 1.29 is 0 Å². The van der Waals surface area contributed by atoms with Gasteiger partial charge in [0.05, 0.1) is 5.01 Å². The Morgan fingerprint density at radius 3 is 3.00 bits per heavy atom. The zero-order chi connectivity index (χ0) is 8.10. The minimum atomic E-state index is 1.13. The molecule has 2 heteroatoms. The van der Waals surface area contributed by atoms with Crippen LogP contribution >= 0.6 is 11.3 Å². The smallest absolute Gasteiger partial charge is 0.0896 e. The topological polar surface area (TPSA) is 12.9 Å². The Balaban J connectivity index is 2.38. The largest absolute Gasteiger partial charge is 0.250 e. The van der Waals surface area contributed by atoms with E-state index in [0.717, 1.165) is 12.8 Å². The molecule has 0 N–H and O–H groups in total. The van der Waals surface area contributed by atoms with Gasteiger partial charge in [-0.25, -0.2) is 4.98 Å². The number of rotatable bonds is 3. The average molecular weight is 167 g/mol. The van der Waals surface area contributed by atoms with E-state index in [4.69, 9.17) is 0 Å². The van der Waals surface area contributed by atoms with Crippen LogP contribution in [0.15, 0.2) is 18.3 Å². The molecule has 0 atom stereocenters. The van der Waals surface area contributed by atoms with E-state index < -0.39 is 0 Å². The summed E-state index contributed by atoms with van der Waals surface area (Å²) >= 11 is 1.79. The van der Waals surface area contributed by atoms with Crippen molar-refractivity contribution in [1.29, 1.82) is 0 Å². The van der Waals surface area contributed by atoms with Crippen LogP contribution < -0.4 is 0 Å². The van der Waals surface area contributed by atoms with Gasteiger partial charge in [-0.1, -0.05) is 12.2 Å². The summed E-state index contributed by atoms with van der Waals surface area (Å²) in [5.41, 5.74) is 0. The number of nitrogens with zero attached hydrogens (tertiary/aromatic N) is 1. The summed E-state index contributed by atoms with van der Waals surface area (Å²) < 4.78 is 0. The second-order valence-corrected chi connectivity index (χ2v) is 3.77. The third-order valence-corrected chi connectivity index (χ3v) is 2.43. The molecule has 11 heavy (non-hydrogen) atoms. The molecule has 1 heterocycles. The molecule has 0 aliphatic carbocycles. The standard InChI is InChI=1S/C9H13NS/c1-3-4-5-6-9-7-10-8(2)11-9/h3-4,7H,5-6H2,1-2H3/b4-3-. The molecule has 0 fully saturated rings. The SMILES string of the molecule is C/C=C\CCc1cnc(C)s1. The summed E-state index contributed by atoms with van der Waals surface area (Å²) in [6.45, 7) is 4.10. The lowest BCUT2D eigenvalue weighted by Gasteiger charge is -1.87. The van der Waals surface area contributed by atoms with E-state index in [2.05, 4.69) is 24.1 Å². The Kier molecular flexibility index (Phi) is 3.30. The lowest BCUT2D eigenvalue weighted by molar-refractivity contribution is 1.02. The van der Waals surface area contributed by atoms with Gasteiger partial charge in [0.2, 0.25) is 0 Å². The summed E-state index contributed by atoms with van der Waals surface area (Å²) in [6, 6.07) is 0. The van der Waals surface area contributed by atoms with Crippen molar-refractivity contribution in [3.8, 4) is 0 Å². The molecule has 0 radical (unpaired) electrons. The van der Waals surface area contributed by atoms with Gasteiger partial charge in [0.1, 0.15) is 0 Å². The average Bonchev–Trinajstić information content (AvgIpc) is 2.37. The molecular formula is C9H13NS. The lowest BCUT2D eigenvalue weighted by Crippen LogP contribution is -1.74. The molecule has 0 unspecified atom stereocenters. The highest BCUT2D eigenvalue weighted by molar-refractivity contribution is 7.11. The molecule has 0 bridgehead atoms. The molecule has 1 aromatic heterocycles. The Morgan fingerprint density at radius 2 is 2.45 bits per heavy atom. The van der Waals surface area contributed by atoms with Crippen LogP contribution in [0.1, 0.15) is 23.2 Å². The summed E-state index contributed by atoms with van der Waals surface area (Å²) in [4.78, 5) is 5.58. The second-order valence-electron chi connectivity index (χ2n) is 2.45. The van der Waals surface area contributed by atoms with Crippen LogP contribution in [0.4, 0.5) is 0 Å². The van der Waals surface area contributed by atoms with Crippen LogP contribution in [0.25, 0.3) is 0 Å². The van der Waals surface area contributed by atoms with Gasteiger partial charge >= 0.3 is 0 Å². The maximum atomic E-state index is 4.19. The molecule has 0 saturated carbocycles. The highest BCUT2D eigenvalue weighted by atomic mass is 32.1. The van der Waals surface area contributed by atoms with E-state index in [1.54, 1.807) is 11.3 Å². The Labute approximate surface area is 71.8 Å². The first-order valence-electron chi connectivity index (χ1n) is 3.85. The van der Waals surface area contributed by atoms with Gasteiger partial charge < -0.3 is 0 Å². The van der Waals surface area contributed by atoms with E-state index in [1.807, 2.05) is 13.1 Å². The lowest BCUT2D eigenvalue weighted by atomic mass is 10.3. The molecule has 0 amide bonds. The van der Waals surface area contributed by atoms with Crippen molar-refractivity contribution in [2.24, 2.45) is 0 Å². The third kappa shape index (κ3) is 2.85. The molecule has 0 spiro atoms. The molecule has 0 aliphatic rings. The van der Waals surface area contributed by atoms with Crippen LogP contribution in [0.3, 0.4) is 0 Å². The van der Waals surface area contributed by atoms with Crippen LogP contribution in [0, 0.1) is 6.92 Å². The number of aryl methyl sites for hydroxylation is 2. The van der Waals surface area contributed by atoms with Gasteiger partial charge in [-0.15, -0.1) is 11.3 Å². The van der Waals surface area contributed by atoms with Gasteiger partial charge in [0, 0.05) is 11.1 Å². The number of hydrogen-bond donors (Lipinski definition) is 0. The maximum Gasteiger partial charge on any atom is 0.0896 e. The number of hydrogen-bond acceptors (Lipinski definition) is 2. The van der Waals surface area contributed by atoms with Crippen LogP contribution in [0.5, 0.6) is 0 Å². The van der Waals surface area contributed by atoms with E-state index in [0.29, 0.717) is 0 Å². The fourth-order valence-corrected chi connectivity index (χ4v) is 1.72. The number of thiazole rings is 1. The predicted octanol–water partition coefficient (Wildman–Crippen LogP) is 2.96. The van der Waals surface area contributed by atoms with Crippen molar-refractivity contribution in [3.63, 3.8) is 0 Å². The second kappa shape index (κ2) is 4.29. The molecule has 1 nitrogen and oxygen atoms in total. The summed E-state index contributed by atoms with van der Waals surface area (Å²) in [5, 5.41) is 1.17. The molecule has 0 aromatic carbocycles. The Hall–Kier alpha value is -0.630. The predicted molar refractivity (Wildman–Crippen MR) is 50.0 cm³/mol. The Morgan fingerprint density at radius 1 is 1.64 bits per heavy atom. The van der Waals surface area contributed by atoms with Crippen LogP contribution in [-0.4, -0.2) is 4.98 Å². The molecule has 0 aliphatic heterocycles. The van der Waals surface area contributed by atoms with Crippen molar-refractivity contribution in [3.05, 3.63) is 28.2 Å². The summed E-state index contributed by atoms with van der Waals surface area (Å²) in [6.07, 6.45) is 8.53. The highest BCUT2D eigenvalue weighted by Crippen LogP contribution is 2.13. The van der Waals surface area contributed by atoms with Gasteiger partial charge in [-0.3, -0.25) is 0 Å². The van der Waals surface area contributed by atoms with Gasteiger partial charge in [-0.05, 0) is 26.7 Å². The molecule has 1 aromatic rings. The van der Waals surface area contributed by atoms with Gasteiger partial charge in [0.15, 0.2) is 0 Å². The monoisotopic (exact) mass is 167 g/mol. The molecule has 1 rings (SSSR count). The number of aromatic nitrogens is 1. The van der Waals surface area contributed by atoms with E-state index in [9.17, 15) is 0 Å². The minimum Gasteiger partial charge on any atom is -0.250 e. The van der Waals surface area contributed by atoms with E-state index in [-0.39, 0.29) is 0 Å². The normalized spacial score (nSPS) is 11.1. The minimum absolute atomic E-state index is 1.13. The summed E-state index contributed by atoms with van der Waals surface area (Å²) in [7, 11) is 0. The van der Waals surface area contributed by atoms with Crippen LogP contribution in [0.2, 0.25) is 0 Å². The molecule has 0 saturated heterocycles. The van der Waals surface area contributed by atoms with Crippen LogP contribution in [-0.2, 0) is 6.42 Å². The fraction of sp³-hybridized carbons (Fsp3) is 0.444. The highest BCUT2D eigenvalue weighted by Gasteiger charge is 1.94. The maximum absolute atomic E-state index is 4.19. The van der Waals surface area contributed by atoms with Gasteiger partial charge in [0.25, 0.3) is 0 Å².